The zero-order valence-electron chi connectivity index (χ0n) is 6.01. The predicted octanol–water partition coefficient (Wildman–Crippen LogP) is 1.47. The van der Waals surface area contributed by atoms with Crippen LogP contribution < -0.4 is 0 Å². The quantitative estimate of drug-likeness (QED) is 0.507. The molecule has 1 aliphatic heterocycles. The number of fused-ring (bicyclic) bond motifs is 1. The monoisotopic (exact) mass is 140 g/mol. The molecule has 2 rings (SSSR count). The molecule has 0 spiro atoms. The normalized spacial score (nSPS) is 32.0. The summed E-state index contributed by atoms with van der Waals surface area (Å²) in [6.45, 7) is 1.50. The minimum atomic E-state index is 0.294. The molecule has 0 N–H and O–H groups in total. The molecule has 0 aromatic rings. The molecule has 0 bridgehead atoms. The van der Waals surface area contributed by atoms with E-state index >= 15 is 0 Å². The Kier molecular flexibility index (Phi) is 1.63. The van der Waals surface area contributed by atoms with Crippen LogP contribution in [0.15, 0.2) is 11.8 Å². The first-order chi connectivity index (χ1) is 4.97. The minimum Gasteiger partial charge on any atom is -0.493 e. The van der Waals surface area contributed by atoms with Crippen LogP contribution in [0.5, 0.6) is 0 Å². The van der Waals surface area contributed by atoms with Crippen LogP contribution in [0, 0.1) is 0 Å². The lowest BCUT2D eigenvalue weighted by Crippen LogP contribution is -2.28. The summed E-state index contributed by atoms with van der Waals surface area (Å²) in [6.07, 6.45) is 6.01. The Balaban J connectivity index is 2.08. The van der Waals surface area contributed by atoms with Crippen LogP contribution in [0.2, 0.25) is 0 Å². The minimum absolute atomic E-state index is 0.294. The Morgan fingerprint density at radius 3 is 3.30 bits per heavy atom. The van der Waals surface area contributed by atoms with Crippen LogP contribution in [0.25, 0.3) is 0 Å². The summed E-state index contributed by atoms with van der Waals surface area (Å²) >= 11 is 0. The lowest BCUT2D eigenvalue weighted by atomic mass is 10.0. The van der Waals surface area contributed by atoms with Gasteiger partial charge in [0.15, 0.2) is 0 Å². The summed E-state index contributed by atoms with van der Waals surface area (Å²) in [4.78, 5) is 0. The molecule has 1 unspecified atom stereocenters. The Morgan fingerprint density at radius 1 is 1.40 bits per heavy atom. The van der Waals surface area contributed by atoms with Gasteiger partial charge in [0, 0.05) is 0 Å². The fourth-order valence-corrected chi connectivity index (χ4v) is 1.49. The SMILES string of the molecule is C1=C2OCCOC2CCC1. The van der Waals surface area contributed by atoms with Crippen molar-refractivity contribution in [3.8, 4) is 0 Å². The largest absolute Gasteiger partial charge is 0.493 e. The molecule has 0 amide bonds. The molecule has 0 aromatic carbocycles. The van der Waals surface area contributed by atoms with Crippen molar-refractivity contribution in [2.45, 2.75) is 25.4 Å². The maximum atomic E-state index is 5.49. The summed E-state index contributed by atoms with van der Waals surface area (Å²) in [5.41, 5.74) is 0. The number of rotatable bonds is 0. The fourth-order valence-electron chi connectivity index (χ4n) is 1.49. The molecule has 10 heavy (non-hydrogen) atoms. The average molecular weight is 140 g/mol. The van der Waals surface area contributed by atoms with Gasteiger partial charge in [-0.3, -0.25) is 0 Å². The van der Waals surface area contributed by atoms with Crippen molar-refractivity contribution in [1.29, 1.82) is 0 Å². The second-order valence-corrected chi connectivity index (χ2v) is 2.75. The standard InChI is InChI=1S/C8H12O2/c1-2-4-8-7(3-1)9-5-6-10-8/h3,8H,1-2,4-6H2. The summed E-state index contributed by atoms with van der Waals surface area (Å²) in [6, 6.07) is 0. The van der Waals surface area contributed by atoms with Gasteiger partial charge in [-0.05, 0) is 25.3 Å². The van der Waals surface area contributed by atoms with Gasteiger partial charge in [-0.2, -0.15) is 0 Å². The molecule has 0 aromatic heterocycles. The van der Waals surface area contributed by atoms with Gasteiger partial charge in [-0.15, -0.1) is 0 Å². The van der Waals surface area contributed by atoms with Crippen molar-refractivity contribution in [1.82, 2.24) is 0 Å². The highest BCUT2D eigenvalue weighted by Crippen LogP contribution is 2.24. The van der Waals surface area contributed by atoms with E-state index < -0.39 is 0 Å². The molecule has 2 nitrogen and oxygen atoms in total. The first-order valence-corrected chi connectivity index (χ1v) is 3.91. The molecule has 2 aliphatic rings. The lowest BCUT2D eigenvalue weighted by molar-refractivity contribution is -0.0498. The maximum Gasteiger partial charge on any atom is 0.121 e. The summed E-state index contributed by atoms with van der Waals surface area (Å²) in [5.74, 6) is 1.08. The smallest absolute Gasteiger partial charge is 0.121 e. The van der Waals surface area contributed by atoms with E-state index in [1.54, 1.807) is 0 Å². The highest BCUT2D eigenvalue weighted by Gasteiger charge is 2.22. The maximum absolute atomic E-state index is 5.49. The van der Waals surface area contributed by atoms with Crippen molar-refractivity contribution in [2.24, 2.45) is 0 Å². The van der Waals surface area contributed by atoms with Crippen LogP contribution in [0.1, 0.15) is 19.3 Å². The molecule has 1 saturated heterocycles. The zero-order valence-corrected chi connectivity index (χ0v) is 6.01. The van der Waals surface area contributed by atoms with E-state index in [2.05, 4.69) is 6.08 Å². The van der Waals surface area contributed by atoms with Gasteiger partial charge < -0.3 is 9.47 Å². The van der Waals surface area contributed by atoms with E-state index in [0.717, 1.165) is 31.8 Å². The average Bonchev–Trinajstić information content (AvgIpc) is 2.05. The molecule has 1 fully saturated rings. The molecule has 0 saturated carbocycles. The van der Waals surface area contributed by atoms with Gasteiger partial charge in [0.25, 0.3) is 0 Å². The molecular weight excluding hydrogens is 128 g/mol. The molecule has 1 atom stereocenters. The van der Waals surface area contributed by atoms with Crippen LogP contribution in [0.4, 0.5) is 0 Å². The van der Waals surface area contributed by atoms with Crippen molar-refractivity contribution in [2.75, 3.05) is 13.2 Å². The number of allylic oxidation sites excluding steroid dienone is 1. The number of hydrogen-bond donors (Lipinski definition) is 0. The molecule has 2 heteroatoms. The summed E-state index contributed by atoms with van der Waals surface area (Å²) in [5, 5.41) is 0. The van der Waals surface area contributed by atoms with E-state index in [-0.39, 0.29) is 0 Å². The van der Waals surface area contributed by atoms with Gasteiger partial charge in [0.2, 0.25) is 0 Å². The Morgan fingerprint density at radius 2 is 2.40 bits per heavy atom. The van der Waals surface area contributed by atoms with Gasteiger partial charge in [-0.1, -0.05) is 0 Å². The zero-order chi connectivity index (χ0) is 6.81. The van der Waals surface area contributed by atoms with E-state index in [1.807, 2.05) is 0 Å². The molecule has 1 heterocycles. The summed E-state index contributed by atoms with van der Waals surface area (Å²) in [7, 11) is 0. The third kappa shape index (κ3) is 1.03. The summed E-state index contributed by atoms with van der Waals surface area (Å²) < 4.78 is 10.9. The van der Waals surface area contributed by atoms with Crippen molar-refractivity contribution in [3.05, 3.63) is 11.8 Å². The van der Waals surface area contributed by atoms with Crippen LogP contribution in [0.3, 0.4) is 0 Å². The van der Waals surface area contributed by atoms with Gasteiger partial charge in [0.1, 0.15) is 18.5 Å². The van der Waals surface area contributed by atoms with Gasteiger partial charge >= 0.3 is 0 Å². The number of ether oxygens (including phenoxy) is 2. The third-order valence-corrected chi connectivity index (χ3v) is 2.00. The predicted molar refractivity (Wildman–Crippen MR) is 37.6 cm³/mol. The highest BCUT2D eigenvalue weighted by atomic mass is 16.6. The number of hydrogen-bond acceptors (Lipinski definition) is 2. The second kappa shape index (κ2) is 2.62. The molecule has 56 valence electrons. The Bertz CT molecular complexity index is 151. The van der Waals surface area contributed by atoms with Gasteiger partial charge in [-0.25, -0.2) is 0 Å². The van der Waals surface area contributed by atoms with E-state index in [9.17, 15) is 0 Å². The fraction of sp³-hybridized carbons (Fsp3) is 0.750. The van der Waals surface area contributed by atoms with E-state index in [0.29, 0.717) is 6.10 Å². The second-order valence-electron chi connectivity index (χ2n) is 2.75. The van der Waals surface area contributed by atoms with E-state index in [4.69, 9.17) is 9.47 Å². The van der Waals surface area contributed by atoms with Crippen molar-refractivity contribution < 1.29 is 9.47 Å². The molecular formula is C8H12O2. The highest BCUT2D eigenvalue weighted by molar-refractivity contribution is 5.05. The van der Waals surface area contributed by atoms with Crippen LogP contribution in [-0.4, -0.2) is 19.3 Å². The van der Waals surface area contributed by atoms with Crippen molar-refractivity contribution >= 4 is 0 Å². The molecule has 0 radical (unpaired) electrons. The van der Waals surface area contributed by atoms with Crippen molar-refractivity contribution in [3.63, 3.8) is 0 Å². The van der Waals surface area contributed by atoms with E-state index in [1.165, 1.54) is 6.42 Å². The Hall–Kier alpha value is -0.500. The van der Waals surface area contributed by atoms with Crippen LogP contribution in [-0.2, 0) is 9.47 Å². The lowest BCUT2D eigenvalue weighted by Gasteiger charge is -2.28. The Labute approximate surface area is 60.8 Å². The first-order valence-electron chi connectivity index (χ1n) is 3.91. The van der Waals surface area contributed by atoms with Gasteiger partial charge in [0.05, 0.1) is 6.61 Å². The first kappa shape index (κ1) is 6.23. The van der Waals surface area contributed by atoms with Crippen LogP contribution >= 0.6 is 0 Å². The third-order valence-electron chi connectivity index (χ3n) is 2.00. The molecule has 1 aliphatic carbocycles. The topological polar surface area (TPSA) is 18.5 Å².